The lowest BCUT2D eigenvalue weighted by atomic mass is 9.80. The summed E-state index contributed by atoms with van der Waals surface area (Å²) in [4.78, 5) is 3.70. The van der Waals surface area contributed by atoms with Crippen molar-refractivity contribution in [1.29, 1.82) is 0 Å². The summed E-state index contributed by atoms with van der Waals surface area (Å²) in [5.41, 5.74) is 8.03. The number of H-pyrrole nitrogens is 1. The number of nitrogens with one attached hydrogen (secondary N) is 1. The van der Waals surface area contributed by atoms with E-state index < -0.39 is 0 Å². The Morgan fingerprint density at radius 1 is 0.567 bits per heavy atom. The first kappa shape index (κ1) is 16.2. The van der Waals surface area contributed by atoms with Crippen molar-refractivity contribution >= 4 is 43.4 Å². The SMILES string of the molecule is CC1(C)c2cc3c(cc2-c2ccc4ccccc4c21)[nH]c1cc2ccccc2cc13. The Bertz CT molecular complexity index is 1660. The molecule has 0 fully saturated rings. The average Bonchev–Trinajstić information content (AvgIpc) is 3.22. The van der Waals surface area contributed by atoms with E-state index in [0.29, 0.717) is 0 Å². The molecule has 0 bridgehead atoms. The van der Waals surface area contributed by atoms with Gasteiger partial charge in [-0.2, -0.15) is 0 Å². The van der Waals surface area contributed by atoms with Crippen molar-refractivity contribution in [3.63, 3.8) is 0 Å². The lowest BCUT2D eigenvalue weighted by Gasteiger charge is -2.23. The zero-order valence-electron chi connectivity index (χ0n) is 17.1. The van der Waals surface area contributed by atoms with Crippen LogP contribution in [0.1, 0.15) is 25.0 Å². The van der Waals surface area contributed by atoms with Gasteiger partial charge in [0.1, 0.15) is 0 Å². The molecule has 1 heterocycles. The zero-order chi connectivity index (χ0) is 20.0. The Hall–Kier alpha value is -3.58. The van der Waals surface area contributed by atoms with E-state index in [2.05, 4.69) is 104 Å². The van der Waals surface area contributed by atoms with E-state index in [1.165, 1.54) is 65.6 Å². The van der Waals surface area contributed by atoms with Gasteiger partial charge in [0.2, 0.25) is 0 Å². The maximum absolute atomic E-state index is 3.70. The summed E-state index contributed by atoms with van der Waals surface area (Å²) in [5, 5.41) is 7.89. The van der Waals surface area contributed by atoms with E-state index in [-0.39, 0.29) is 5.41 Å². The Morgan fingerprint density at radius 2 is 1.23 bits per heavy atom. The molecular weight excluding hydrogens is 362 g/mol. The van der Waals surface area contributed by atoms with Gasteiger partial charge >= 0.3 is 0 Å². The van der Waals surface area contributed by atoms with Gasteiger partial charge in [0, 0.05) is 27.2 Å². The fraction of sp³-hybridized carbons (Fsp3) is 0.103. The average molecular weight is 383 g/mol. The van der Waals surface area contributed by atoms with Crippen molar-refractivity contribution in [2.45, 2.75) is 19.3 Å². The number of benzene rings is 5. The molecule has 0 saturated heterocycles. The summed E-state index contributed by atoms with van der Waals surface area (Å²) in [6.45, 7) is 4.75. The maximum atomic E-state index is 3.70. The van der Waals surface area contributed by atoms with Crippen LogP contribution in [0.4, 0.5) is 0 Å². The molecule has 1 nitrogen and oxygen atoms in total. The third kappa shape index (κ3) is 1.92. The molecule has 1 aliphatic carbocycles. The van der Waals surface area contributed by atoms with Gasteiger partial charge in [-0.25, -0.2) is 0 Å². The third-order valence-electron chi connectivity index (χ3n) is 7.12. The van der Waals surface area contributed by atoms with Crippen molar-refractivity contribution in [3.05, 3.63) is 96.1 Å². The predicted octanol–water partition coefficient (Wildman–Crippen LogP) is 7.93. The molecule has 6 aromatic rings. The van der Waals surface area contributed by atoms with E-state index in [0.717, 1.165) is 0 Å². The van der Waals surface area contributed by atoms with Crippen LogP contribution in [0.3, 0.4) is 0 Å². The first-order valence-electron chi connectivity index (χ1n) is 10.6. The summed E-state index contributed by atoms with van der Waals surface area (Å²) in [7, 11) is 0. The van der Waals surface area contributed by atoms with Crippen LogP contribution in [0.2, 0.25) is 0 Å². The Labute approximate surface area is 175 Å². The van der Waals surface area contributed by atoms with E-state index in [9.17, 15) is 0 Å². The molecule has 142 valence electrons. The van der Waals surface area contributed by atoms with Gasteiger partial charge in [-0.05, 0) is 68.1 Å². The summed E-state index contributed by atoms with van der Waals surface area (Å²) in [6, 6.07) is 31.4. The highest BCUT2D eigenvalue weighted by atomic mass is 14.7. The van der Waals surface area contributed by atoms with Crippen molar-refractivity contribution in [1.82, 2.24) is 4.98 Å². The molecule has 1 aliphatic rings. The molecule has 1 aromatic heterocycles. The fourth-order valence-corrected chi connectivity index (χ4v) is 5.68. The largest absolute Gasteiger partial charge is 0.354 e. The highest BCUT2D eigenvalue weighted by Gasteiger charge is 2.37. The van der Waals surface area contributed by atoms with Crippen LogP contribution in [-0.4, -0.2) is 4.98 Å². The van der Waals surface area contributed by atoms with Crippen molar-refractivity contribution in [2.75, 3.05) is 0 Å². The number of hydrogen-bond donors (Lipinski definition) is 1. The molecule has 5 aromatic carbocycles. The Kier molecular flexibility index (Phi) is 2.88. The molecule has 0 saturated carbocycles. The van der Waals surface area contributed by atoms with Gasteiger partial charge in [0.15, 0.2) is 0 Å². The van der Waals surface area contributed by atoms with Crippen LogP contribution >= 0.6 is 0 Å². The highest BCUT2D eigenvalue weighted by molar-refractivity contribution is 6.14. The molecule has 0 spiro atoms. The van der Waals surface area contributed by atoms with Crippen molar-refractivity contribution in [2.24, 2.45) is 0 Å². The molecular formula is C29H21N. The van der Waals surface area contributed by atoms with Crippen molar-refractivity contribution in [3.8, 4) is 11.1 Å². The van der Waals surface area contributed by atoms with Crippen LogP contribution in [0.15, 0.2) is 84.9 Å². The van der Waals surface area contributed by atoms with Gasteiger partial charge in [-0.3, -0.25) is 0 Å². The van der Waals surface area contributed by atoms with Crippen molar-refractivity contribution < 1.29 is 0 Å². The zero-order valence-corrected chi connectivity index (χ0v) is 17.1. The Balaban J connectivity index is 1.59. The number of aromatic nitrogens is 1. The number of aromatic amines is 1. The number of fused-ring (bicyclic) bond motifs is 9. The highest BCUT2D eigenvalue weighted by Crippen LogP contribution is 2.52. The van der Waals surface area contributed by atoms with Crippen LogP contribution < -0.4 is 0 Å². The molecule has 0 radical (unpaired) electrons. The minimum absolute atomic E-state index is 0.0276. The first-order valence-corrected chi connectivity index (χ1v) is 10.6. The summed E-state index contributed by atoms with van der Waals surface area (Å²) in [5.74, 6) is 0. The normalized spacial score (nSPS) is 14.6. The third-order valence-corrected chi connectivity index (χ3v) is 7.12. The molecule has 7 rings (SSSR count). The summed E-state index contributed by atoms with van der Waals surface area (Å²) in [6.07, 6.45) is 0. The van der Waals surface area contributed by atoms with Gasteiger partial charge in [0.25, 0.3) is 0 Å². The minimum Gasteiger partial charge on any atom is -0.354 e. The number of rotatable bonds is 0. The van der Waals surface area contributed by atoms with E-state index in [4.69, 9.17) is 0 Å². The maximum Gasteiger partial charge on any atom is 0.0471 e. The quantitative estimate of drug-likeness (QED) is 0.274. The first-order chi connectivity index (χ1) is 14.6. The van der Waals surface area contributed by atoms with Crippen LogP contribution in [0.25, 0.3) is 54.5 Å². The monoisotopic (exact) mass is 383 g/mol. The second-order valence-electron chi connectivity index (χ2n) is 9.15. The lowest BCUT2D eigenvalue weighted by Crippen LogP contribution is -2.15. The summed E-state index contributed by atoms with van der Waals surface area (Å²) >= 11 is 0. The molecule has 1 heteroatoms. The lowest BCUT2D eigenvalue weighted by molar-refractivity contribution is 0.667. The van der Waals surface area contributed by atoms with Crippen LogP contribution in [-0.2, 0) is 5.41 Å². The molecule has 0 atom stereocenters. The fourth-order valence-electron chi connectivity index (χ4n) is 5.68. The van der Waals surface area contributed by atoms with Crippen LogP contribution in [0, 0.1) is 0 Å². The van der Waals surface area contributed by atoms with E-state index in [1.54, 1.807) is 0 Å². The molecule has 0 amide bonds. The van der Waals surface area contributed by atoms with Gasteiger partial charge in [0.05, 0.1) is 0 Å². The predicted molar refractivity (Wildman–Crippen MR) is 128 cm³/mol. The smallest absolute Gasteiger partial charge is 0.0471 e. The number of hydrogen-bond acceptors (Lipinski definition) is 0. The molecule has 0 unspecified atom stereocenters. The molecule has 30 heavy (non-hydrogen) atoms. The van der Waals surface area contributed by atoms with Gasteiger partial charge < -0.3 is 4.98 Å². The second kappa shape index (κ2) is 5.31. The van der Waals surface area contributed by atoms with Gasteiger partial charge in [-0.15, -0.1) is 0 Å². The molecule has 1 N–H and O–H groups in total. The topological polar surface area (TPSA) is 15.8 Å². The minimum atomic E-state index is -0.0276. The van der Waals surface area contributed by atoms with E-state index in [1.807, 2.05) is 0 Å². The summed E-state index contributed by atoms with van der Waals surface area (Å²) < 4.78 is 0. The van der Waals surface area contributed by atoms with E-state index >= 15 is 0 Å². The van der Waals surface area contributed by atoms with Crippen LogP contribution in [0.5, 0.6) is 0 Å². The Morgan fingerprint density at radius 3 is 2.07 bits per heavy atom. The van der Waals surface area contributed by atoms with Gasteiger partial charge in [-0.1, -0.05) is 74.5 Å². The molecule has 0 aliphatic heterocycles. The standard InChI is InChI=1S/C29H21N/c1-29(2)25-15-24-23-13-18-8-3-4-9-19(18)14-26(23)30-27(24)16-22(25)21-12-11-17-7-5-6-10-20(17)28(21)29/h3-16,30H,1-2H3. The second-order valence-corrected chi connectivity index (χ2v) is 9.15.